The summed E-state index contributed by atoms with van der Waals surface area (Å²) in [6.45, 7) is 3.10. The summed E-state index contributed by atoms with van der Waals surface area (Å²) in [5.74, 6) is 0.612. The molecule has 24 heavy (non-hydrogen) atoms. The Bertz CT molecular complexity index is 675. The molecule has 0 radical (unpaired) electrons. The third-order valence-electron chi connectivity index (χ3n) is 4.14. The Kier molecular flexibility index (Phi) is 6.66. The molecule has 2 heterocycles. The fourth-order valence-corrected chi connectivity index (χ4v) is 3.98. The highest BCUT2D eigenvalue weighted by Crippen LogP contribution is 2.36. The second-order valence-electron chi connectivity index (χ2n) is 5.92. The number of methoxy groups -OCH3 is 1. The number of carbonyl (C=O) groups excluding carboxylic acids is 1. The van der Waals surface area contributed by atoms with Gasteiger partial charge in [-0.2, -0.15) is 0 Å². The summed E-state index contributed by atoms with van der Waals surface area (Å²) in [6.07, 6.45) is 1.93. The van der Waals surface area contributed by atoms with Crippen molar-refractivity contribution < 1.29 is 9.53 Å². The number of carbonyl (C=O) groups is 1. The van der Waals surface area contributed by atoms with E-state index in [2.05, 4.69) is 17.6 Å². The van der Waals surface area contributed by atoms with Crippen LogP contribution in [0.1, 0.15) is 29.4 Å². The minimum absolute atomic E-state index is 0. The molecule has 6 heteroatoms. The molecule has 0 bridgehead atoms. The Morgan fingerprint density at radius 3 is 2.75 bits per heavy atom. The first-order valence-corrected chi connectivity index (χ1v) is 8.76. The summed E-state index contributed by atoms with van der Waals surface area (Å²) >= 11 is 1.48. The van der Waals surface area contributed by atoms with Crippen LogP contribution in [-0.2, 0) is 0 Å². The highest BCUT2D eigenvalue weighted by Gasteiger charge is 2.23. The molecule has 0 aliphatic carbocycles. The van der Waals surface area contributed by atoms with Crippen molar-refractivity contribution in [2.45, 2.75) is 31.8 Å². The van der Waals surface area contributed by atoms with Gasteiger partial charge in [-0.3, -0.25) is 4.79 Å². The smallest absolute Gasteiger partial charge is 0.265 e. The van der Waals surface area contributed by atoms with Crippen molar-refractivity contribution in [1.29, 1.82) is 0 Å². The first-order valence-electron chi connectivity index (χ1n) is 7.95. The van der Waals surface area contributed by atoms with Gasteiger partial charge in [-0.25, -0.2) is 0 Å². The van der Waals surface area contributed by atoms with Gasteiger partial charge < -0.3 is 15.4 Å². The minimum Gasteiger partial charge on any atom is -0.495 e. The van der Waals surface area contributed by atoms with Crippen LogP contribution in [0, 0.1) is 0 Å². The van der Waals surface area contributed by atoms with Crippen molar-refractivity contribution >= 4 is 29.7 Å². The van der Waals surface area contributed by atoms with Crippen LogP contribution in [0.15, 0.2) is 36.4 Å². The SMILES string of the molecule is COc1cc(-c2ccccc2)sc1C(=O)NC1CCNC(C)C1.Cl. The van der Waals surface area contributed by atoms with Gasteiger partial charge in [0.15, 0.2) is 0 Å². The number of rotatable bonds is 4. The summed E-state index contributed by atoms with van der Waals surface area (Å²) in [5.41, 5.74) is 1.10. The van der Waals surface area contributed by atoms with Crippen LogP contribution in [0.2, 0.25) is 0 Å². The van der Waals surface area contributed by atoms with E-state index in [1.54, 1.807) is 7.11 Å². The Balaban J connectivity index is 0.00000208. The number of hydrogen-bond donors (Lipinski definition) is 2. The maximum atomic E-state index is 12.6. The summed E-state index contributed by atoms with van der Waals surface area (Å²) in [5, 5.41) is 6.56. The van der Waals surface area contributed by atoms with Crippen molar-refractivity contribution in [3.63, 3.8) is 0 Å². The van der Waals surface area contributed by atoms with Gasteiger partial charge in [0.2, 0.25) is 0 Å². The molecule has 1 aliphatic heterocycles. The zero-order valence-electron chi connectivity index (χ0n) is 13.9. The molecule has 0 spiro atoms. The van der Waals surface area contributed by atoms with Crippen molar-refractivity contribution in [2.75, 3.05) is 13.7 Å². The molecule has 1 aliphatic rings. The van der Waals surface area contributed by atoms with Gasteiger partial charge in [0, 0.05) is 17.0 Å². The van der Waals surface area contributed by atoms with Gasteiger partial charge in [0.1, 0.15) is 10.6 Å². The molecule has 130 valence electrons. The topological polar surface area (TPSA) is 50.4 Å². The Morgan fingerprint density at radius 1 is 1.33 bits per heavy atom. The number of hydrogen-bond acceptors (Lipinski definition) is 4. The van der Waals surface area contributed by atoms with E-state index in [1.165, 1.54) is 11.3 Å². The van der Waals surface area contributed by atoms with Gasteiger partial charge in [-0.15, -0.1) is 23.7 Å². The molecular weight excluding hydrogens is 344 g/mol. The van der Waals surface area contributed by atoms with E-state index < -0.39 is 0 Å². The van der Waals surface area contributed by atoms with Crippen LogP contribution in [0.4, 0.5) is 0 Å². The predicted molar refractivity (Wildman–Crippen MR) is 102 cm³/mol. The van der Waals surface area contributed by atoms with Crippen LogP contribution in [0.3, 0.4) is 0 Å². The second-order valence-corrected chi connectivity index (χ2v) is 6.98. The maximum absolute atomic E-state index is 12.6. The average molecular weight is 367 g/mol. The molecule has 1 fully saturated rings. The zero-order valence-corrected chi connectivity index (χ0v) is 15.5. The fourth-order valence-electron chi connectivity index (χ4n) is 2.94. The van der Waals surface area contributed by atoms with Crippen molar-refractivity contribution in [3.8, 4) is 16.2 Å². The van der Waals surface area contributed by atoms with Gasteiger partial charge in [-0.05, 0) is 37.9 Å². The van der Waals surface area contributed by atoms with E-state index in [9.17, 15) is 4.79 Å². The Labute approximate surface area is 153 Å². The molecular formula is C18H23ClN2O2S. The molecule has 1 aromatic carbocycles. The fraction of sp³-hybridized carbons (Fsp3) is 0.389. The van der Waals surface area contributed by atoms with Gasteiger partial charge in [-0.1, -0.05) is 30.3 Å². The van der Waals surface area contributed by atoms with Crippen molar-refractivity contribution in [1.82, 2.24) is 10.6 Å². The summed E-state index contributed by atoms with van der Waals surface area (Å²) in [7, 11) is 1.61. The normalized spacial score (nSPS) is 20.1. The molecule has 3 rings (SSSR count). The lowest BCUT2D eigenvalue weighted by molar-refractivity contribution is 0.0927. The zero-order chi connectivity index (χ0) is 16.2. The van der Waals surface area contributed by atoms with Crippen LogP contribution in [0.5, 0.6) is 5.75 Å². The monoisotopic (exact) mass is 366 g/mol. The largest absolute Gasteiger partial charge is 0.495 e. The average Bonchev–Trinajstić information content (AvgIpc) is 3.00. The number of thiophene rings is 1. The molecule has 2 atom stereocenters. The summed E-state index contributed by atoms with van der Waals surface area (Å²) < 4.78 is 5.42. The summed E-state index contributed by atoms with van der Waals surface area (Å²) in [4.78, 5) is 14.3. The first kappa shape index (κ1) is 18.8. The lowest BCUT2D eigenvalue weighted by atomic mass is 10.0. The second kappa shape index (κ2) is 8.51. The molecule has 0 saturated carbocycles. The van der Waals surface area contributed by atoms with Gasteiger partial charge in [0.05, 0.1) is 7.11 Å². The van der Waals surface area contributed by atoms with E-state index in [0.717, 1.165) is 29.8 Å². The third-order valence-corrected chi connectivity index (χ3v) is 5.31. The maximum Gasteiger partial charge on any atom is 0.265 e. The number of ether oxygens (including phenoxy) is 1. The highest BCUT2D eigenvalue weighted by molar-refractivity contribution is 7.17. The van der Waals surface area contributed by atoms with Gasteiger partial charge in [0.25, 0.3) is 5.91 Å². The Morgan fingerprint density at radius 2 is 2.08 bits per heavy atom. The minimum atomic E-state index is -0.0341. The van der Waals surface area contributed by atoms with E-state index in [1.807, 2.05) is 36.4 Å². The number of nitrogens with one attached hydrogen (secondary N) is 2. The van der Waals surface area contributed by atoms with Crippen LogP contribution < -0.4 is 15.4 Å². The van der Waals surface area contributed by atoms with Crippen molar-refractivity contribution in [3.05, 3.63) is 41.3 Å². The number of halogens is 1. The predicted octanol–water partition coefficient (Wildman–Crippen LogP) is 3.72. The standard InChI is InChI=1S/C18H22N2O2S.ClH/c1-12-10-14(8-9-19-12)20-18(21)17-15(22-2)11-16(23-17)13-6-4-3-5-7-13;/h3-7,11-12,14,19H,8-10H2,1-2H3,(H,20,21);1H. The van der Waals surface area contributed by atoms with E-state index in [4.69, 9.17) is 4.74 Å². The number of benzene rings is 1. The quantitative estimate of drug-likeness (QED) is 0.867. The van der Waals surface area contributed by atoms with Crippen LogP contribution in [0.25, 0.3) is 10.4 Å². The van der Waals surface area contributed by atoms with Crippen LogP contribution >= 0.6 is 23.7 Å². The molecule has 2 aromatic rings. The molecule has 2 unspecified atom stereocenters. The van der Waals surface area contributed by atoms with Crippen molar-refractivity contribution in [2.24, 2.45) is 0 Å². The highest BCUT2D eigenvalue weighted by atomic mass is 35.5. The molecule has 1 aromatic heterocycles. The molecule has 1 saturated heterocycles. The summed E-state index contributed by atoms with van der Waals surface area (Å²) in [6, 6.07) is 12.7. The third kappa shape index (κ3) is 4.29. The molecule has 1 amide bonds. The molecule has 2 N–H and O–H groups in total. The van der Waals surface area contributed by atoms with E-state index >= 15 is 0 Å². The lowest BCUT2D eigenvalue weighted by Crippen LogP contribution is -2.46. The van der Waals surface area contributed by atoms with E-state index in [-0.39, 0.29) is 24.4 Å². The van der Waals surface area contributed by atoms with Gasteiger partial charge >= 0.3 is 0 Å². The lowest BCUT2D eigenvalue weighted by Gasteiger charge is -2.28. The van der Waals surface area contributed by atoms with E-state index in [0.29, 0.717) is 16.7 Å². The molecule has 4 nitrogen and oxygen atoms in total. The number of amides is 1. The van der Waals surface area contributed by atoms with Crippen LogP contribution in [-0.4, -0.2) is 31.6 Å². The first-order chi connectivity index (χ1) is 11.2. The number of piperidine rings is 1. The Hall–Kier alpha value is -1.56.